The molecule has 0 saturated carbocycles. The zero-order valence-electron chi connectivity index (χ0n) is 12.6. The third-order valence-electron chi connectivity index (χ3n) is 3.17. The van der Waals surface area contributed by atoms with E-state index in [0.29, 0.717) is 0 Å². The number of hydrogen-bond acceptors (Lipinski definition) is 5. The van der Waals surface area contributed by atoms with Gasteiger partial charge >= 0.3 is 0 Å². The van der Waals surface area contributed by atoms with Crippen molar-refractivity contribution in [3.63, 3.8) is 0 Å². The summed E-state index contributed by atoms with van der Waals surface area (Å²) in [6, 6.07) is 1.97. The van der Waals surface area contributed by atoms with Gasteiger partial charge in [-0.3, -0.25) is 0 Å². The number of ether oxygens (including phenoxy) is 2. The van der Waals surface area contributed by atoms with E-state index in [4.69, 9.17) is 9.47 Å². The molecule has 0 saturated heterocycles. The molecule has 1 aromatic carbocycles. The van der Waals surface area contributed by atoms with Crippen LogP contribution in [0.4, 0.5) is 4.39 Å². The Morgan fingerprint density at radius 2 is 1.71 bits per heavy atom. The van der Waals surface area contributed by atoms with Crippen LogP contribution in [0.2, 0.25) is 0 Å². The normalized spacial score (nSPS) is 13.9. The van der Waals surface area contributed by atoms with E-state index < -0.39 is 32.4 Å². The highest BCUT2D eigenvalue weighted by molar-refractivity contribution is 7.89. The fourth-order valence-electron chi connectivity index (χ4n) is 1.53. The van der Waals surface area contributed by atoms with Crippen molar-refractivity contribution in [3.05, 3.63) is 17.9 Å². The molecule has 0 aromatic heterocycles. The van der Waals surface area contributed by atoms with Crippen LogP contribution < -0.4 is 14.2 Å². The van der Waals surface area contributed by atoms with Gasteiger partial charge in [-0.2, -0.15) is 0 Å². The number of methoxy groups -OCH3 is 2. The standard InChI is InChI=1S/C13H20FNO5S/c1-8(16)13(2,3)15-21(17,18)12-7-11(20-5)10(19-4)6-9(12)14/h6-8,15-16H,1-5H3. The van der Waals surface area contributed by atoms with Gasteiger partial charge in [0, 0.05) is 12.1 Å². The van der Waals surface area contributed by atoms with Crippen LogP contribution in [0.5, 0.6) is 11.5 Å². The molecule has 1 unspecified atom stereocenters. The summed E-state index contributed by atoms with van der Waals surface area (Å²) in [5.74, 6) is -0.792. The predicted octanol–water partition coefficient (Wildman–Crippen LogP) is 1.28. The lowest BCUT2D eigenvalue weighted by molar-refractivity contribution is 0.111. The number of aliphatic hydroxyl groups excluding tert-OH is 1. The molecule has 1 atom stereocenters. The average Bonchev–Trinajstić information content (AvgIpc) is 2.36. The van der Waals surface area contributed by atoms with Crippen LogP contribution in [0, 0.1) is 5.82 Å². The van der Waals surface area contributed by atoms with Crippen LogP contribution in [0.25, 0.3) is 0 Å². The van der Waals surface area contributed by atoms with E-state index in [2.05, 4.69) is 4.72 Å². The predicted molar refractivity (Wildman–Crippen MR) is 75.6 cm³/mol. The lowest BCUT2D eigenvalue weighted by atomic mass is 10.0. The highest BCUT2D eigenvalue weighted by Gasteiger charge is 2.32. The molecule has 1 aromatic rings. The number of nitrogens with one attached hydrogen (secondary N) is 1. The van der Waals surface area contributed by atoms with Gasteiger partial charge in [0.05, 0.1) is 25.9 Å². The van der Waals surface area contributed by atoms with E-state index in [9.17, 15) is 17.9 Å². The van der Waals surface area contributed by atoms with Crippen LogP contribution in [-0.2, 0) is 10.0 Å². The van der Waals surface area contributed by atoms with Crippen molar-refractivity contribution in [3.8, 4) is 11.5 Å². The molecular weight excluding hydrogens is 301 g/mol. The van der Waals surface area contributed by atoms with Gasteiger partial charge in [0.2, 0.25) is 10.0 Å². The quantitative estimate of drug-likeness (QED) is 0.824. The summed E-state index contributed by atoms with van der Waals surface area (Å²) in [6.45, 7) is 4.43. The Morgan fingerprint density at radius 3 is 2.14 bits per heavy atom. The number of aliphatic hydroxyl groups is 1. The van der Waals surface area contributed by atoms with Crippen molar-refractivity contribution in [2.75, 3.05) is 14.2 Å². The maximum Gasteiger partial charge on any atom is 0.244 e. The summed E-state index contributed by atoms with van der Waals surface area (Å²) in [4.78, 5) is -0.575. The second-order valence-electron chi connectivity index (χ2n) is 5.14. The Kier molecular flexibility index (Phi) is 5.19. The Hall–Kier alpha value is -1.38. The minimum absolute atomic E-state index is 0.0868. The smallest absolute Gasteiger partial charge is 0.244 e. The van der Waals surface area contributed by atoms with Crippen molar-refractivity contribution < 1.29 is 27.4 Å². The monoisotopic (exact) mass is 321 g/mol. The molecule has 1 rings (SSSR count). The molecule has 0 bridgehead atoms. The Morgan fingerprint density at radius 1 is 1.24 bits per heavy atom. The number of halogens is 1. The van der Waals surface area contributed by atoms with Gasteiger partial charge in [0.1, 0.15) is 10.7 Å². The fraction of sp³-hybridized carbons (Fsp3) is 0.538. The molecule has 0 heterocycles. The van der Waals surface area contributed by atoms with E-state index in [1.54, 1.807) is 0 Å². The maximum atomic E-state index is 14.0. The van der Waals surface area contributed by atoms with Crippen LogP contribution in [0.3, 0.4) is 0 Å². The summed E-state index contributed by atoms with van der Waals surface area (Å²) < 4.78 is 50.7. The molecule has 0 fully saturated rings. The summed E-state index contributed by atoms with van der Waals surface area (Å²) in [5, 5.41) is 9.58. The van der Waals surface area contributed by atoms with Gasteiger partial charge < -0.3 is 14.6 Å². The van der Waals surface area contributed by atoms with Crippen LogP contribution in [-0.4, -0.2) is 39.4 Å². The lowest BCUT2D eigenvalue weighted by Gasteiger charge is -2.29. The second kappa shape index (κ2) is 6.17. The molecule has 0 aliphatic heterocycles. The average molecular weight is 321 g/mol. The first-order chi connectivity index (χ1) is 9.55. The Labute approximate surface area is 123 Å². The van der Waals surface area contributed by atoms with Gasteiger partial charge in [-0.25, -0.2) is 17.5 Å². The number of rotatable bonds is 6. The summed E-state index contributed by atoms with van der Waals surface area (Å²) in [6.07, 6.45) is -0.963. The van der Waals surface area contributed by atoms with Gasteiger partial charge in [0.15, 0.2) is 11.5 Å². The highest BCUT2D eigenvalue weighted by Crippen LogP contribution is 2.32. The Bertz CT molecular complexity index is 613. The first-order valence-corrected chi connectivity index (χ1v) is 7.67. The van der Waals surface area contributed by atoms with Crippen LogP contribution in [0.1, 0.15) is 20.8 Å². The topological polar surface area (TPSA) is 84.9 Å². The zero-order valence-corrected chi connectivity index (χ0v) is 13.4. The SMILES string of the molecule is COc1cc(F)c(S(=O)(=O)NC(C)(C)C(C)O)cc1OC. The van der Waals surface area contributed by atoms with E-state index in [1.165, 1.54) is 35.0 Å². The van der Waals surface area contributed by atoms with E-state index in [-0.39, 0.29) is 11.5 Å². The molecule has 120 valence electrons. The molecule has 21 heavy (non-hydrogen) atoms. The molecule has 0 amide bonds. The fourth-order valence-corrected chi connectivity index (χ4v) is 3.08. The second-order valence-corrected chi connectivity index (χ2v) is 6.79. The first kappa shape index (κ1) is 17.7. The van der Waals surface area contributed by atoms with Gasteiger partial charge in [-0.05, 0) is 20.8 Å². The van der Waals surface area contributed by atoms with Crippen LogP contribution >= 0.6 is 0 Å². The van der Waals surface area contributed by atoms with Crippen LogP contribution in [0.15, 0.2) is 17.0 Å². The van der Waals surface area contributed by atoms with Crippen molar-refractivity contribution in [2.45, 2.75) is 37.3 Å². The van der Waals surface area contributed by atoms with E-state index >= 15 is 0 Å². The molecule has 0 spiro atoms. The summed E-state index contributed by atoms with van der Waals surface area (Å²) >= 11 is 0. The van der Waals surface area contributed by atoms with Gasteiger partial charge in [-0.1, -0.05) is 0 Å². The van der Waals surface area contributed by atoms with Crippen molar-refractivity contribution >= 4 is 10.0 Å². The number of benzene rings is 1. The minimum Gasteiger partial charge on any atom is -0.493 e. The molecule has 0 aliphatic rings. The van der Waals surface area contributed by atoms with E-state index in [1.807, 2.05) is 0 Å². The molecule has 2 N–H and O–H groups in total. The number of sulfonamides is 1. The molecule has 0 radical (unpaired) electrons. The third kappa shape index (κ3) is 3.84. The Balaban J connectivity index is 3.32. The summed E-state index contributed by atoms with van der Waals surface area (Å²) in [7, 11) is -1.53. The minimum atomic E-state index is -4.17. The van der Waals surface area contributed by atoms with Crippen molar-refractivity contribution in [2.24, 2.45) is 0 Å². The largest absolute Gasteiger partial charge is 0.493 e. The first-order valence-electron chi connectivity index (χ1n) is 6.18. The lowest BCUT2D eigenvalue weighted by Crippen LogP contribution is -2.50. The van der Waals surface area contributed by atoms with Crippen molar-refractivity contribution in [1.82, 2.24) is 4.72 Å². The van der Waals surface area contributed by atoms with Gasteiger partial charge in [0.25, 0.3) is 0 Å². The summed E-state index contributed by atoms with van der Waals surface area (Å²) in [5.41, 5.74) is -1.15. The zero-order chi connectivity index (χ0) is 16.4. The number of hydrogen-bond donors (Lipinski definition) is 2. The van der Waals surface area contributed by atoms with E-state index in [0.717, 1.165) is 12.1 Å². The van der Waals surface area contributed by atoms with Crippen molar-refractivity contribution in [1.29, 1.82) is 0 Å². The highest BCUT2D eigenvalue weighted by atomic mass is 32.2. The maximum absolute atomic E-state index is 14.0. The van der Waals surface area contributed by atoms with Gasteiger partial charge in [-0.15, -0.1) is 0 Å². The molecule has 6 nitrogen and oxygen atoms in total. The molecule has 0 aliphatic carbocycles. The molecular formula is C13H20FNO5S. The third-order valence-corrected chi connectivity index (χ3v) is 4.86. The molecule has 8 heteroatoms.